The van der Waals surface area contributed by atoms with Crippen LogP contribution in [0.25, 0.3) is 0 Å². The van der Waals surface area contributed by atoms with Crippen molar-refractivity contribution in [1.29, 1.82) is 0 Å². The molecule has 0 spiro atoms. The zero-order valence-electron chi connectivity index (χ0n) is 12.4. The van der Waals surface area contributed by atoms with Crippen LogP contribution in [0.4, 0.5) is 0 Å². The second-order valence-corrected chi connectivity index (χ2v) is 6.37. The van der Waals surface area contributed by atoms with Gasteiger partial charge < -0.3 is 4.74 Å². The minimum atomic E-state index is -0.174. The molecule has 1 aromatic carbocycles. The van der Waals surface area contributed by atoms with E-state index in [2.05, 4.69) is 55.4 Å². The van der Waals surface area contributed by atoms with Crippen LogP contribution in [0.1, 0.15) is 61.1 Å². The molecule has 1 heterocycles. The van der Waals surface area contributed by atoms with Crippen LogP contribution in [0.3, 0.4) is 0 Å². The Hall–Kier alpha value is -0.820. The highest BCUT2D eigenvalue weighted by Gasteiger charge is 2.45. The molecule has 1 aliphatic rings. The summed E-state index contributed by atoms with van der Waals surface area (Å²) in [5, 5.41) is 0. The smallest absolute Gasteiger partial charge is 0.0893 e. The van der Waals surface area contributed by atoms with E-state index < -0.39 is 0 Å². The fraction of sp³-hybridized carbons (Fsp3) is 0.625. The van der Waals surface area contributed by atoms with Gasteiger partial charge in [0.1, 0.15) is 0 Å². The molecule has 0 fully saturated rings. The lowest BCUT2D eigenvalue weighted by Crippen LogP contribution is -2.22. The highest BCUT2D eigenvalue weighted by molar-refractivity contribution is 5.56. The second kappa shape index (κ2) is 3.35. The molecule has 17 heavy (non-hydrogen) atoms. The minimum Gasteiger partial charge on any atom is -0.360 e. The fourth-order valence-corrected chi connectivity index (χ4v) is 3.56. The van der Waals surface area contributed by atoms with Crippen LogP contribution in [0.2, 0.25) is 0 Å². The van der Waals surface area contributed by atoms with E-state index in [-0.39, 0.29) is 11.2 Å². The van der Waals surface area contributed by atoms with Crippen molar-refractivity contribution in [3.8, 4) is 0 Å². The van der Waals surface area contributed by atoms with E-state index in [1.807, 2.05) is 0 Å². The van der Waals surface area contributed by atoms with E-state index >= 15 is 0 Å². The Balaban J connectivity index is 2.92. The van der Waals surface area contributed by atoms with Gasteiger partial charge in [0.15, 0.2) is 0 Å². The number of ether oxygens (including phenoxy) is 1. The van der Waals surface area contributed by atoms with Crippen molar-refractivity contribution in [2.45, 2.75) is 66.6 Å². The third-order valence-electron chi connectivity index (χ3n) is 4.40. The minimum absolute atomic E-state index is 0.174. The van der Waals surface area contributed by atoms with Gasteiger partial charge in [-0.05, 0) is 88.8 Å². The molecule has 0 saturated carbocycles. The summed E-state index contributed by atoms with van der Waals surface area (Å²) in [4.78, 5) is 0. The van der Waals surface area contributed by atoms with Gasteiger partial charge >= 0.3 is 0 Å². The highest BCUT2D eigenvalue weighted by atomic mass is 16.5. The Bertz CT molecular complexity index is 448. The standard InChI is InChI=1S/C16H24O/c1-9-10(2)12(4)14-13(11(9)3)15(5,6)17-16(14,7)8/h1-8H3. The van der Waals surface area contributed by atoms with Gasteiger partial charge in [0.2, 0.25) is 0 Å². The zero-order valence-corrected chi connectivity index (χ0v) is 12.4. The molecule has 0 N–H and O–H groups in total. The van der Waals surface area contributed by atoms with Crippen molar-refractivity contribution >= 4 is 0 Å². The van der Waals surface area contributed by atoms with Gasteiger partial charge in [-0.3, -0.25) is 0 Å². The predicted molar refractivity (Wildman–Crippen MR) is 72.5 cm³/mol. The van der Waals surface area contributed by atoms with Crippen molar-refractivity contribution in [2.75, 3.05) is 0 Å². The van der Waals surface area contributed by atoms with Gasteiger partial charge in [0, 0.05) is 0 Å². The molecule has 0 bridgehead atoms. The summed E-state index contributed by atoms with van der Waals surface area (Å²) < 4.78 is 6.28. The topological polar surface area (TPSA) is 9.23 Å². The maximum atomic E-state index is 6.28. The Morgan fingerprint density at radius 3 is 1.18 bits per heavy atom. The molecule has 1 heteroatoms. The Morgan fingerprint density at radius 1 is 0.588 bits per heavy atom. The van der Waals surface area contributed by atoms with Crippen LogP contribution in [0.5, 0.6) is 0 Å². The van der Waals surface area contributed by atoms with Crippen molar-refractivity contribution in [3.63, 3.8) is 0 Å². The van der Waals surface area contributed by atoms with Crippen LogP contribution in [-0.2, 0) is 15.9 Å². The van der Waals surface area contributed by atoms with Gasteiger partial charge in [-0.15, -0.1) is 0 Å². The zero-order chi connectivity index (χ0) is 13.2. The number of rotatable bonds is 0. The molecule has 1 nitrogen and oxygen atoms in total. The van der Waals surface area contributed by atoms with Crippen molar-refractivity contribution in [1.82, 2.24) is 0 Å². The monoisotopic (exact) mass is 232 g/mol. The van der Waals surface area contributed by atoms with Crippen LogP contribution in [0.15, 0.2) is 0 Å². The molecule has 1 aliphatic heterocycles. The summed E-state index contributed by atoms with van der Waals surface area (Å²) in [7, 11) is 0. The lowest BCUT2D eigenvalue weighted by molar-refractivity contribution is -0.105. The van der Waals surface area contributed by atoms with Gasteiger partial charge in [0.05, 0.1) is 11.2 Å². The normalized spacial score (nSPS) is 20.5. The second-order valence-electron chi connectivity index (χ2n) is 6.37. The average molecular weight is 232 g/mol. The summed E-state index contributed by atoms with van der Waals surface area (Å²) >= 11 is 0. The largest absolute Gasteiger partial charge is 0.360 e. The maximum absolute atomic E-state index is 6.28. The van der Waals surface area contributed by atoms with E-state index in [0.29, 0.717) is 0 Å². The molecule has 2 rings (SSSR count). The Kier molecular flexibility index (Phi) is 2.49. The molecule has 0 aliphatic carbocycles. The van der Waals surface area contributed by atoms with Crippen molar-refractivity contribution < 1.29 is 4.74 Å². The lowest BCUT2D eigenvalue weighted by Gasteiger charge is -2.25. The number of fused-ring (bicyclic) bond motifs is 1. The number of benzene rings is 1. The third-order valence-corrected chi connectivity index (χ3v) is 4.40. The molecular weight excluding hydrogens is 208 g/mol. The maximum Gasteiger partial charge on any atom is 0.0893 e. The molecule has 0 aromatic heterocycles. The molecule has 1 aromatic rings. The van der Waals surface area contributed by atoms with Crippen molar-refractivity contribution in [3.05, 3.63) is 33.4 Å². The van der Waals surface area contributed by atoms with E-state index in [1.54, 1.807) is 0 Å². The first-order valence-electron chi connectivity index (χ1n) is 6.41. The van der Waals surface area contributed by atoms with E-state index in [4.69, 9.17) is 4.74 Å². The summed E-state index contributed by atoms with van der Waals surface area (Å²) in [6.45, 7) is 17.6. The van der Waals surface area contributed by atoms with Gasteiger partial charge in [-0.1, -0.05) is 0 Å². The van der Waals surface area contributed by atoms with Crippen LogP contribution in [-0.4, -0.2) is 0 Å². The molecule has 0 saturated heterocycles. The first kappa shape index (κ1) is 12.6. The molecule has 0 atom stereocenters. The van der Waals surface area contributed by atoms with E-state index in [1.165, 1.54) is 33.4 Å². The third kappa shape index (κ3) is 1.55. The summed E-state index contributed by atoms with van der Waals surface area (Å²) in [5.41, 5.74) is 8.09. The van der Waals surface area contributed by atoms with Crippen LogP contribution < -0.4 is 0 Å². The van der Waals surface area contributed by atoms with E-state index in [0.717, 1.165) is 0 Å². The SMILES string of the molecule is Cc1c(C)c(C)c2c(c1C)C(C)(C)OC2(C)C. The number of hydrogen-bond donors (Lipinski definition) is 0. The molecule has 0 amide bonds. The lowest BCUT2D eigenvalue weighted by atomic mass is 9.80. The predicted octanol–water partition coefficient (Wildman–Crippen LogP) is 4.42. The first-order chi connectivity index (χ1) is 7.59. The fourth-order valence-electron chi connectivity index (χ4n) is 3.56. The summed E-state index contributed by atoms with van der Waals surface area (Å²) in [6, 6.07) is 0. The van der Waals surface area contributed by atoms with E-state index in [9.17, 15) is 0 Å². The molecule has 0 unspecified atom stereocenters. The van der Waals surface area contributed by atoms with Crippen LogP contribution >= 0.6 is 0 Å². The molecular formula is C16H24O. The summed E-state index contributed by atoms with van der Waals surface area (Å²) in [6.07, 6.45) is 0. The molecule has 94 valence electrons. The quantitative estimate of drug-likeness (QED) is 0.643. The van der Waals surface area contributed by atoms with Gasteiger partial charge in [-0.25, -0.2) is 0 Å². The highest BCUT2D eigenvalue weighted by Crippen LogP contribution is 2.50. The first-order valence-corrected chi connectivity index (χ1v) is 6.41. The number of hydrogen-bond acceptors (Lipinski definition) is 1. The average Bonchev–Trinajstić information content (AvgIpc) is 2.36. The van der Waals surface area contributed by atoms with Crippen molar-refractivity contribution in [2.24, 2.45) is 0 Å². The molecule has 0 radical (unpaired) electrons. The Labute approximate surface area is 105 Å². The summed E-state index contributed by atoms with van der Waals surface area (Å²) in [5.74, 6) is 0. The van der Waals surface area contributed by atoms with Crippen LogP contribution in [0, 0.1) is 27.7 Å². The van der Waals surface area contributed by atoms with Gasteiger partial charge in [-0.2, -0.15) is 0 Å². The Morgan fingerprint density at radius 2 is 0.882 bits per heavy atom. The van der Waals surface area contributed by atoms with Gasteiger partial charge in [0.25, 0.3) is 0 Å².